The molecule has 4 atom stereocenters. The molecule has 3 aromatic heterocycles. The number of aromatic nitrogens is 5. The van der Waals surface area contributed by atoms with Crippen molar-refractivity contribution in [2.45, 2.75) is 31.1 Å². The third kappa shape index (κ3) is 4.57. The van der Waals surface area contributed by atoms with E-state index >= 15 is 0 Å². The molecule has 170 valence electrons. The van der Waals surface area contributed by atoms with E-state index in [4.69, 9.17) is 9.88 Å². The molecular weight excluding hydrogens is 446 g/mol. The van der Waals surface area contributed by atoms with Gasteiger partial charge < -0.3 is 20.3 Å². The van der Waals surface area contributed by atoms with Gasteiger partial charge in [-0.1, -0.05) is 0 Å². The molecule has 1 aliphatic heterocycles. The van der Waals surface area contributed by atoms with Crippen molar-refractivity contribution in [3.05, 3.63) is 48.4 Å². The first-order valence-corrected chi connectivity index (χ1v) is 10.7. The van der Waals surface area contributed by atoms with Crippen molar-refractivity contribution in [2.75, 3.05) is 6.61 Å². The molecule has 5 N–H and O–H groups in total. The summed E-state index contributed by atoms with van der Waals surface area (Å²) in [6.07, 6.45) is 0.409. The molecule has 4 heterocycles. The monoisotopic (exact) mass is 465 g/mol. The zero-order chi connectivity index (χ0) is 22.9. The van der Waals surface area contributed by atoms with Crippen molar-refractivity contribution in [3.8, 4) is 0 Å². The summed E-state index contributed by atoms with van der Waals surface area (Å²) >= 11 is 0. The van der Waals surface area contributed by atoms with E-state index in [1.54, 1.807) is 18.3 Å². The Morgan fingerprint density at radius 1 is 1.28 bits per heavy atom. The number of rotatable bonds is 7. The van der Waals surface area contributed by atoms with Crippen LogP contribution in [0.25, 0.3) is 11.2 Å². The van der Waals surface area contributed by atoms with E-state index in [1.165, 1.54) is 23.4 Å². The van der Waals surface area contributed by atoms with Crippen LogP contribution in [-0.2, 0) is 25.8 Å². The number of imidazole rings is 1. The van der Waals surface area contributed by atoms with E-state index in [0.717, 1.165) is 0 Å². The van der Waals surface area contributed by atoms with Crippen molar-refractivity contribution in [2.24, 2.45) is 5.14 Å². The van der Waals surface area contributed by atoms with Crippen LogP contribution in [0.15, 0.2) is 37.2 Å². The van der Waals surface area contributed by atoms with Gasteiger partial charge in [-0.05, 0) is 12.1 Å². The van der Waals surface area contributed by atoms with Gasteiger partial charge in [0.2, 0.25) is 0 Å². The van der Waals surface area contributed by atoms with Gasteiger partial charge in [0.05, 0.1) is 30.7 Å². The number of pyridine rings is 1. The standard InChI is InChI=1S/C17H19N7O7S/c18-32(28,29)30-6-11-13(25)14(26)17(31-11)24-8-23-12-10(21-7-22-15(12)24)5-20-16(27)9-2-1-3-19-4-9/h1-4,7-8,11,13-14,17,25-26H,5-6H2,(H,20,27)(H2,18,28,29)/t11-,13-,14-,17-/m1/s1. The highest BCUT2D eigenvalue weighted by Crippen LogP contribution is 2.32. The molecule has 1 saturated heterocycles. The highest BCUT2D eigenvalue weighted by molar-refractivity contribution is 7.84. The van der Waals surface area contributed by atoms with Crippen molar-refractivity contribution in [1.82, 2.24) is 29.8 Å². The lowest BCUT2D eigenvalue weighted by Crippen LogP contribution is -2.35. The van der Waals surface area contributed by atoms with Gasteiger partial charge in [0.25, 0.3) is 5.91 Å². The molecule has 32 heavy (non-hydrogen) atoms. The highest BCUT2D eigenvalue weighted by atomic mass is 32.2. The second kappa shape index (κ2) is 8.81. The first-order valence-electron chi connectivity index (χ1n) is 9.28. The Bertz CT molecular complexity index is 1220. The summed E-state index contributed by atoms with van der Waals surface area (Å²) in [5, 5.41) is 28.1. The Morgan fingerprint density at radius 2 is 2.09 bits per heavy atom. The highest BCUT2D eigenvalue weighted by Gasteiger charge is 2.45. The summed E-state index contributed by atoms with van der Waals surface area (Å²) < 4.78 is 33.4. The quantitative estimate of drug-likeness (QED) is 0.300. The van der Waals surface area contributed by atoms with Crippen molar-refractivity contribution in [3.63, 3.8) is 0 Å². The number of nitrogens with one attached hydrogen (secondary N) is 1. The number of aliphatic hydroxyl groups excluding tert-OH is 2. The van der Waals surface area contributed by atoms with Gasteiger partial charge in [-0.15, -0.1) is 0 Å². The average molecular weight is 465 g/mol. The van der Waals surface area contributed by atoms with Crippen molar-refractivity contribution in [1.29, 1.82) is 0 Å². The van der Waals surface area contributed by atoms with Gasteiger partial charge in [0.15, 0.2) is 11.9 Å². The van der Waals surface area contributed by atoms with Crippen LogP contribution in [0, 0.1) is 0 Å². The van der Waals surface area contributed by atoms with Gasteiger partial charge in [0, 0.05) is 12.4 Å². The predicted molar refractivity (Wildman–Crippen MR) is 106 cm³/mol. The van der Waals surface area contributed by atoms with Crippen LogP contribution in [-0.4, -0.2) is 74.0 Å². The smallest absolute Gasteiger partial charge is 0.333 e. The Labute approximate surface area is 181 Å². The van der Waals surface area contributed by atoms with Crippen LogP contribution >= 0.6 is 0 Å². The molecule has 4 rings (SSSR count). The minimum Gasteiger partial charge on any atom is -0.387 e. The van der Waals surface area contributed by atoms with E-state index in [2.05, 4.69) is 29.4 Å². The summed E-state index contributed by atoms with van der Waals surface area (Å²) in [6.45, 7) is -0.536. The first kappa shape index (κ1) is 22.1. The topological polar surface area (TPSA) is 205 Å². The maximum absolute atomic E-state index is 12.3. The number of aliphatic hydroxyl groups is 2. The molecule has 1 aliphatic rings. The van der Waals surface area contributed by atoms with E-state index < -0.39 is 41.5 Å². The van der Waals surface area contributed by atoms with Crippen LogP contribution in [0.5, 0.6) is 0 Å². The number of amides is 1. The van der Waals surface area contributed by atoms with Crippen LogP contribution in [0.2, 0.25) is 0 Å². The van der Waals surface area contributed by atoms with E-state index in [0.29, 0.717) is 16.8 Å². The molecule has 0 saturated carbocycles. The molecule has 14 nitrogen and oxygen atoms in total. The Kier molecular flexibility index (Phi) is 6.09. The molecular formula is C17H19N7O7S. The van der Waals surface area contributed by atoms with Crippen LogP contribution in [0.1, 0.15) is 22.3 Å². The summed E-state index contributed by atoms with van der Waals surface area (Å²) in [5.74, 6) is -0.348. The second-order valence-electron chi connectivity index (χ2n) is 6.89. The zero-order valence-corrected chi connectivity index (χ0v) is 17.2. The average Bonchev–Trinajstić information content (AvgIpc) is 3.32. The zero-order valence-electron chi connectivity index (χ0n) is 16.3. The van der Waals surface area contributed by atoms with Crippen molar-refractivity contribution >= 4 is 27.4 Å². The van der Waals surface area contributed by atoms with Crippen molar-refractivity contribution < 1.29 is 32.3 Å². The number of ether oxygens (including phenoxy) is 1. The number of hydrogen-bond donors (Lipinski definition) is 4. The van der Waals surface area contributed by atoms with Crippen LogP contribution < -0.4 is 10.5 Å². The normalized spacial score (nSPS) is 23.5. The third-order valence-corrected chi connectivity index (χ3v) is 5.25. The number of hydrogen-bond acceptors (Lipinski definition) is 11. The van der Waals surface area contributed by atoms with Gasteiger partial charge >= 0.3 is 10.3 Å². The van der Waals surface area contributed by atoms with Crippen LogP contribution in [0.4, 0.5) is 0 Å². The molecule has 15 heteroatoms. The Morgan fingerprint density at radius 3 is 2.81 bits per heavy atom. The van der Waals surface area contributed by atoms with Gasteiger partial charge in [-0.2, -0.15) is 8.42 Å². The Balaban J connectivity index is 1.52. The molecule has 0 radical (unpaired) electrons. The van der Waals surface area contributed by atoms with Gasteiger partial charge in [0.1, 0.15) is 30.2 Å². The maximum atomic E-state index is 12.3. The lowest BCUT2D eigenvalue weighted by Gasteiger charge is -2.16. The second-order valence-corrected chi connectivity index (χ2v) is 8.11. The maximum Gasteiger partial charge on any atom is 0.333 e. The number of nitrogens with zero attached hydrogens (tertiary/aromatic N) is 5. The number of fused-ring (bicyclic) bond motifs is 1. The molecule has 0 spiro atoms. The lowest BCUT2D eigenvalue weighted by atomic mass is 10.1. The molecule has 3 aromatic rings. The number of carbonyl (C=O) groups is 1. The van der Waals surface area contributed by atoms with Gasteiger partial charge in [-0.25, -0.2) is 20.1 Å². The first-order chi connectivity index (χ1) is 15.2. The van der Waals surface area contributed by atoms with E-state index in [1.807, 2.05) is 0 Å². The minimum atomic E-state index is -4.25. The SMILES string of the molecule is NS(=O)(=O)OC[C@H]1O[C@@H](n2cnc3c(CNC(=O)c4cccnc4)ncnc32)[C@H](O)[C@@H]1O. The fourth-order valence-electron chi connectivity index (χ4n) is 3.24. The fourth-order valence-corrected chi connectivity index (χ4v) is 3.56. The molecule has 1 amide bonds. The van der Waals surface area contributed by atoms with Gasteiger partial charge in [-0.3, -0.25) is 18.5 Å². The summed E-state index contributed by atoms with van der Waals surface area (Å²) in [6, 6.07) is 3.26. The Hall–Kier alpha value is -3.08. The minimum absolute atomic E-state index is 0.0469. The molecule has 0 aliphatic carbocycles. The molecule has 0 unspecified atom stereocenters. The summed E-state index contributed by atoms with van der Waals surface area (Å²) in [4.78, 5) is 28.7. The summed E-state index contributed by atoms with van der Waals surface area (Å²) in [5.41, 5.74) is 1.41. The van der Waals surface area contributed by atoms with E-state index in [-0.39, 0.29) is 18.1 Å². The molecule has 0 aromatic carbocycles. The number of carbonyl (C=O) groups excluding carboxylic acids is 1. The third-order valence-electron chi connectivity index (χ3n) is 4.78. The predicted octanol–water partition coefficient (Wildman–Crippen LogP) is -2.01. The largest absolute Gasteiger partial charge is 0.387 e. The lowest BCUT2D eigenvalue weighted by molar-refractivity contribution is -0.0467. The van der Waals surface area contributed by atoms with E-state index in [9.17, 15) is 23.4 Å². The number of nitrogens with two attached hydrogens (primary N) is 1. The molecule has 0 bridgehead atoms. The fraction of sp³-hybridized carbons (Fsp3) is 0.353. The van der Waals surface area contributed by atoms with Crippen LogP contribution in [0.3, 0.4) is 0 Å². The summed E-state index contributed by atoms with van der Waals surface area (Å²) in [7, 11) is -4.25. The molecule has 1 fully saturated rings.